The second kappa shape index (κ2) is 10.7. The van der Waals surface area contributed by atoms with Crippen molar-refractivity contribution in [2.24, 2.45) is 0 Å². The highest BCUT2D eigenvalue weighted by Gasteiger charge is 2.34. The fourth-order valence-electron chi connectivity index (χ4n) is 5.58. The third-order valence-electron chi connectivity index (χ3n) is 8.29. The van der Waals surface area contributed by atoms with Crippen LogP contribution in [0.5, 0.6) is 17.2 Å². The van der Waals surface area contributed by atoms with Crippen molar-refractivity contribution in [1.82, 2.24) is 0 Å². The molecule has 3 saturated heterocycles. The fraction of sp³-hybridized carbons (Fsp3) is 0.471. The first kappa shape index (κ1) is 27.1. The first-order valence-corrected chi connectivity index (χ1v) is 14.3. The van der Waals surface area contributed by atoms with Gasteiger partial charge in [0.25, 0.3) is 0 Å². The molecule has 0 bridgehead atoms. The summed E-state index contributed by atoms with van der Waals surface area (Å²) >= 11 is 0. The van der Waals surface area contributed by atoms with E-state index in [4.69, 9.17) is 28.4 Å². The van der Waals surface area contributed by atoms with Crippen LogP contribution in [0.3, 0.4) is 0 Å². The van der Waals surface area contributed by atoms with E-state index in [1.165, 1.54) is 16.7 Å². The number of epoxide rings is 3. The van der Waals surface area contributed by atoms with E-state index >= 15 is 0 Å². The van der Waals surface area contributed by atoms with Crippen molar-refractivity contribution in [2.75, 3.05) is 39.6 Å². The highest BCUT2D eigenvalue weighted by molar-refractivity contribution is 5.58. The zero-order chi connectivity index (χ0) is 28.0. The minimum Gasteiger partial charge on any atom is -0.491 e. The van der Waals surface area contributed by atoms with E-state index in [2.05, 4.69) is 84.0 Å². The summed E-state index contributed by atoms with van der Waals surface area (Å²) in [6.07, 6.45) is 0.662. The van der Waals surface area contributed by atoms with Gasteiger partial charge in [0.15, 0.2) is 0 Å². The number of rotatable bonds is 12. The molecule has 0 saturated carbocycles. The van der Waals surface area contributed by atoms with Crippen LogP contribution in [-0.2, 0) is 19.6 Å². The minimum absolute atomic E-state index is 0.220. The smallest absolute Gasteiger partial charge is 0.125 e. The predicted octanol–water partition coefficient (Wildman–Crippen LogP) is 5.92. The molecule has 0 radical (unpaired) electrons. The third-order valence-corrected chi connectivity index (χ3v) is 8.29. The van der Waals surface area contributed by atoms with Gasteiger partial charge in [-0.1, -0.05) is 36.4 Å². The Balaban J connectivity index is 1.41. The van der Waals surface area contributed by atoms with Crippen molar-refractivity contribution < 1.29 is 28.4 Å². The Bertz CT molecular complexity index is 1280. The van der Waals surface area contributed by atoms with Gasteiger partial charge in [-0.25, -0.2) is 0 Å². The SMILES string of the molecule is Cc1cc(C(C)(c2cc(C)c(OCC3CO3)c(C)c2)c2cc(C)c(OCC3CO3)c(C)c2)ccc1OCC1CO1. The van der Waals surface area contributed by atoms with Gasteiger partial charge in [0.2, 0.25) is 0 Å². The third kappa shape index (κ3) is 5.71. The monoisotopic (exact) mass is 544 g/mol. The van der Waals surface area contributed by atoms with E-state index in [0.717, 1.165) is 64.9 Å². The summed E-state index contributed by atoms with van der Waals surface area (Å²) in [5.74, 6) is 2.79. The van der Waals surface area contributed by atoms with Crippen LogP contribution < -0.4 is 14.2 Å². The summed E-state index contributed by atoms with van der Waals surface area (Å²) in [4.78, 5) is 0. The van der Waals surface area contributed by atoms with E-state index in [1.807, 2.05) is 0 Å². The molecule has 3 aliphatic heterocycles. The van der Waals surface area contributed by atoms with Gasteiger partial charge in [-0.3, -0.25) is 0 Å². The van der Waals surface area contributed by atoms with Crippen LogP contribution in [0.25, 0.3) is 0 Å². The van der Waals surface area contributed by atoms with Crippen LogP contribution >= 0.6 is 0 Å². The van der Waals surface area contributed by atoms with Crippen LogP contribution in [0.4, 0.5) is 0 Å². The molecule has 0 amide bonds. The van der Waals surface area contributed by atoms with Crippen LogP contribution in [0.15, 0.2) is 42.5 Å². The van der Waals surface area contributed by atoms with Gasteiger partial charge >= 0.3 is 0 Å². The lowest BCUT2D eigenvalue weighted by molar-refractivity contribution is 0.260. The summed E-state index contributed by atoms with van der Waals surface area (Å²) < 4.78 is 34.5. The Hall–Kier alpha value is -3.06. The maximum absolute atomic E-state index is 6.18. The molecule has 3 atom stereocenters. The summed E-state index contributed by atoms with van der Waals surface area (Å²) in [6.45, 7) is 17.1. The molecule has 3 aromatic rings. The van der Waals surface area contributed by atoms with Gasteiger partial charge in [0, 0.05) is 5.41 Å². The maximum atomic E-state index is 6.18. The lowest BCUT2D eigenvalue weighted by Gasteiger charge is -2.34. The van der Waals surface area contributed by atoms with Gasteiger partial charge in [-0.2, -0.15) is 0 Å². The Morgan fingerprint density at radius 2 is 0.950 bits per heavy atom. The molecule has 6 rings (SSSR count). The highest BCUT2D eigenvalue weighted by atomic mass is 16.6. The first-order valence-electron chi connectivity index (χ1n) is 14.3. The van der Waals surface area contributed by atoms with Gasteiger partial charge in [0.1, 0.15) is 55.4 Å². The van der Waals surface area contributed by atoms with Gasteiger partial charge in [-0.05, 0) is 92.1 Å². The average molecular weight is 545 g/mol. The van der Waals surface area contributed by atoms with Gasteiger partial charge in [-0.15, -0.1) is 0 Å². The predicted molar refractivity (Wildman–Crippen MR) is 154 cm³/mol. The van der Waals surface area contributed by atoms with Gasteiger partial charge < -0.3 is 28.4 Å². The summed E-state index contributed by atoms with van der Waals surface area (Å²) in [6, 6.07) is 15.7. The zero-order valence-corrected chi connectivity index (χ0v) is 24.5. The lowest BCUT2D eigenvalue weighted by Crippen LogP contribution is -2.26. The molecule has 3 fully saturated rings. The summed E-state index contributed by atoms with van der Waals surface area (Å²) in [7, 11) is 0. The van der Waals surface area contributed by atoms with Crippen molar-refractivity contribution in [1.29, 1.82) is 0 Å². The van der Waals surface area contributed by atoms with Crippen molar-refractivity contribution >= 4 is 0 Å². The molecular weight excluding hydrogens is 504 g/mol. The van der Waals surface area contributed by atoms with Crippen LogP contribution in [0, 0.1) is 34.6 Å². The molecule has 0 aromatic heterocycles. The average Bonchev–Trinajstić information content (AvgIpc) is 3.76. The number of hydrogen-bond acceptors (Lipinski definition) is 6. The second-order valence-corrected chi connectivity index (χ2v) is 11.8. The molecule has 0 N–H and O–H groups in total. The highest BCUT2D eigenvalue weighted by Crippen LogP contribution is 2.44. The van der Waals surface area contributed by atoms with E-state index in [-0.39, 0.29) is 18.3 Å². The Morgan fingerprint density at radius 3 is 1.32 bits per heavy atom. The Morgan fingerprint density at radius 1 is 0.575 bits per heavy atom. The molecule has 6 heteroatoms. The largest absolute Gasteiger partial charge is 0.491 e. The van der Waals surface area contributed by atoms with E-state index in [1.54, 1.807) is 0 Å². The first-order chi connectivity index (χ1) is 19.2. The molecule has 0 aliphatic carbocycles. The number of benzene rings is 3. The minimum atomic E-state index is -0.426. The summed E-state index contributed by atoms with van der Waals surface area (Å²) in [5, 5.41) is 0. The van der Waals surface area contributed by atoms with Crippen LogP contribution in [-0.4, -0.2) is 58.0 Å². The molecule has 3 unspecified atom stereocenters. The number of hydrogen-bond donors (Lipinski definition) is 0. The second-order valence-electron chi connectivity index (χ2n) is 11.8. The molecule has 3 aromatic carbocycles. The maximum Gasteiger partial charge on any atom is 0.125 e. The Labute approximate surface area is 237 Å². The standard InChI is InChI=1S/C34H40O6/c1-20-9-25(7-8-31(20)38-17-28-14-35-28)34(6,26-10-21(2)32(22(3)11-26)39-18-29-15-36-29)27-12-23(4)33(24(5)13-27)40-19-30-16-37-30/h7-13,28-30H,14-19H2,1-6H3. The molecule has 0 spiro atoms. The molecular formula is C34H40O6. The zero-order valence-electron chi connectivity index (χ0n) is 24.5. The fourth-order valence-corrected chi connectivity index (χ4v) is 5.58. The van der Waals surface area contributed by atoms with E-state index < -0.39 is 5.41 Å². The number of aryl methyl sites for hydroxylation is 5. The molecule has 3 aliphatic rings. The quantitative estimate of drug-likeness (QED) is 0.208. The van der Waals surface area contributed by atoms with Crippen LogP contribution in [0.1, 0.15) is 51.4 Å². The van der Waals surface area contributed by atoms with E-state index in [9.17, 15) is 0 Å². The van der Waals surface area contributed by atoms with Crippen molar-refractivity contribution in [3.63, 3.8) is 0 Å². The molecule has 212 valence electrons. The molecule has 3 heterocycles. The van der Waals surface area contributed by atoms with Gasteiger partial charge in [0.05, 0.1) is 19.8 Å². The summed E-state index contributed by atoms with van der Waals surface area (Å²) in [5.41, 5.74) is 8.83. The van der Waals surface area contributed by atoms with Crippen LogP contribution in [0.2, 0.25) is 0 Å². The number of ether oxygens (including phenoxy) is 6. The van der Waals surface area contributed by atoms with Crippen molar-refractivity contribution in [3.8, 4) is 17.2 Å². The molecule has 6 nitrogen and oxygen atoms in total. The van der Waals surface area contributed by atoms with Crippen molar-refractivity contribution in [3.05, 3.63) is 87.0 Å². The Kier molecular flexibility index (Phi) is 7.28. The normalized spacial score (nSPS) is 22.4. The topological polar surface area (TPSA) is 65.3 Å². The van der Waals surface area contributed by atoms with E-state index in [0.29, 0.717) is 19.8 Å². The molecule has 40 heavy (non-hydrogen) atoms. The van der Waals surface area contributed by atoms with Crippen molar-refractivity contribution in [2.45, 2.75) is 65.3 Å². The lowest BCUT2D eigenvalue weighted by atomic mass is 9.69.